The van der Waals surface area contributed by atoms with Crippen LogP contribution in [-0.4, -0.2) is 110 Å². The van der Waals surface area contributed by atoms with Crippen LogP contribution in [0, 0.1) is 0 Å². The molecule has 274 valence electrons. The van der Waals surface area contributed by atoms with Crippen molar-refractivity contribution in [3.05, 3.63) is 54.5 Å². The monoisotopic (exact) mass is 721 g/mol. The van der Waals surface area contributed by atoms with E-state index in [1.807, 2.05) is 31.3 Å². The number of fused-ring (bicyclic) bond motifs is 2. The van der Waals surface area contributed by atoms with Gasteiger partial charge in [0.05, 0.1) is 56.8 Å². The molecule has 0 spiro atoms. The van der Waals surface area contributed by atoms with E-state index in [4.69, 9.17) is 40.4 Å². The Hall–Kier alpha value is -3.82. The van der Waals surface area contributed by atoms with Gasteiger partial charge in [-0.1, -0.05) is 17.7 Å². The fourth-order valence-corrected chi connectivity index (χ4v) is 7.65. The van der Waals surface area contributed by atoms with Gasteiger partial charge in [-0.3, -0.25) is 9.58 Å². The van der Waals surface area contributed by atoms with Gasteiger partial charge in [-0.25, -0.2) is 19.6 Å². The topological polar surface area (TPSA) is 136 Å². The minimum Gasteiger partial charge on any atom is -0.487 e. The van der Waals surface area contributed by atoms with Gasteiger partial charge >= 0.3 is 0 Å². The van der Waals surface area contributed by atoms with Gasteiger partial charge in [-0.05, 0) is 63.1 Å². The lowest BCUT2D eigenvalue weighted by molar-refractivity contribution is -0.0458. The van der Waals surface area contributed by atoms with E-state index < -0.39 is 0 Å². The number of nitrogens with zero attached hydrogens (tertiary/aromatic N) is 8. The third-order valence-corrected chi connectivity index (χ3v) is 10.3. The summed E-state index contributed by atoms with van der Waals surface area (Å²) in [6.45, 7) is 6.47. The Morgan fingerprint density at radius 1 is 0.941 bits per heavy atom. The maximum atomic E-state index is 6.49. The maximum Gasteiger partial charge on any atom is 0.256 e. The molecule has 0 radical (unpaired) electrons. The van der Waals surface area contributed by atoms with Crippen LogP contribution < -0.4 is 14.8 Å². The summed E-state index contributed by atoms with van der Waals surface area (Å²) in [6.07, 6.45) is 16.3. The van der Waals surface area contributed by atoms with Crippen molar-refractivity contribution in [1.29, 1.82) is 0 Å². The molecule has 5 heterocycles. The SMILES string of the molecule is COCCOCCCOc1nn(C2CCC(N3[C@@H]4CC[C@H]3COC4)CC2)cc1Nc1ncc(-c2ccc(Cl)c(OC(C)Cn3cncn3)c2)cn1. The number of hydrogen-bond donors (Lipinski definition) is 1. The van der Waals surface area contributed by atoms with E-state index in [-0.39, 0.29) is 6.10 Å². The Kier molecular flexibility index (Phi) is 12.0. The summed E-state index contributed by atoms with van der Waals surface area (Å²) in [5, 5.41) is 13.0. The van der Waals surface area contributed by atoms with Crippen LogP contribution in [0.25, 0.3) is 11.1 Å². The molecule has 2 aliphatic heterocycles. The first-order valence-electron chi connectivity index (χ1n) is 18.1. The van der Waals surface area contributed by atoms with Crippen molar-refractivity contribution >= 4 is 23.2 Å². The van der Waals surface area contributed by atoms with Crippen LogP contribution in [-0.2, 0) is 20.8 Å². The molecule has 51 heavy (non-hydrogen) atoms. The standard InChI is InChI=1S/C36H48ClN9O5/c1-25(19-44-24-38-23-41-44)51-34-16-26(4-11-32(34)37)27-17-39-36(40-18-27)42-33-20-45(43-35(33)50-13-3-12-48-15-14-47-2)28-5-7-29(8-6-28)46-30-9-10-31(46)22-49-21-30/h4,11,16-18,20,23-25,28-31H,3,5-10,12-15,19,21-22H2,1-2H3,(H,39,40,42)/t25?,28?,29?,30-,31+. The lowest BCUT2D eigenvalue weighted by atomic mass is 9.89. The molecule has 7 rings (SSSR count). The molecule has 0 amide bonds. The van der Waals surface area contributed by atoms with Crippen LogP contribution in [0.15, 0.2) is 49.4 Å². The van der Waals surface area contributed by atoms with Crippen LogP contribution in [0.2, 0.25) is 5.02 Å². The zero-order valence-electron chi connectivity index (χ0n) is 29.4. The summed E-state index contributed by atoms with van der Waals surface area (Å²) in [5.74, 6) is 1.56. The van der Waals surface area contributed by atoms with E-state index in [1.54, 1.807) is 30.5 Å². The van der Waals surface area contributed by atoms with Gasteiger partial charge < -0.3 is 29.0 Å². The van der Waals surface area contributed by atoms with E-state index in [0.717, 1.165) is 62.1 Å². The predicted octanol–water partition coefficient (Wildman–Crippen LogP) is 5.57. The number of benzene rings is 1. The first kappa shape index (κ1) is 35.6. The van der Waals surface area contributed by atoms with E-state index in [1.165, 1.54) is 19.2 Å². The minimum absolute atomic E-state index is 0.169. The molecule has 3 aliphatic rings. The van der Waals surface area contributed by atoms with Crippen LogP contribution in [0.3, 0.4) is 0 Å². The summed E-state index contributed by atoms with van der Waals surface area (Å²) in [5.41, 5.74) is 2.45. The fourth-order valence-electron chi connectivity index (χ4n) is 7.49. The molecular weight excluding hydrogens is 674 g/mol. The molecule has 2 bridgehead atoms. The molecule has 1 aliphatic carbocycles. The van der Waals surface area contributed by atoms with E-state index in [9.17, 15) is 0 Å². The van der Waals surface area contributed by atoms with E-state index in [0.29, 0.717) is 79.7 Å². The van der Waals surface area contributed by atoms with Gasteiger partial charge in [0.2, 0.25) is 5.95 Å². The van der Waals surface area contributed by atoms with E-state index in [2.05, 4.69) is 34.9 Å². The quantitative estimate of drug-likeness (QED) is 0.137. The number of hydrogen-bond acceptors (Lipinski definition) is 12. The van der Waals surface area contributed by atoms with Crippen molar-refractivity contribution < 1.29 is 23.7 Å². The van der Waals surface area contributed by atoms with Gasteiger partial charge in [-0.2, -0.15) is 5.10 Å². The van der Waals surface area contributed by atoms with Crippen molar-refractivity contribution in [3.8, 4) is 22.8 Å². The highest BCUT2D eigenvalue weighted by Crippen LogP contribution is 2.39. The molecule has 1 saturated carbocycles. The predicted molar refractivity (Wildman–Crippen MR) is 192 cm³/mol. The number of ether oxygens (including phenoxy) is 5. The molecule has 3 aromatic heterocycles. The average molecular weight is 722 g/mol. The Labute approximate surface area is 303 Å². The van der Waals surface area contributed by atoms with Crippen molar-refractivity contribution in [3.63, 3.8) is 0 Å². The molecule has 3 atom stereocenters. The Balaban J connectivity index is 1.00. The largest absolute Gasteiger partial charge is 0.487 e. The molecule has 4 aromatic rings. The van der Waals surface area contributed by atoms with Crippen LogP contribution >= 0.6 is 11.6 Å². The Morgan fingerprint density at radius 2 is 1.71 bits per heavy atom. The molecule has 1 unspecified atom stereocenters. The summed E-state index contributed by atoms with van der Waals surface area (Å²) in [4.78, 5) is 16.1. The zero-order valence-corrected chi connectivity index (χ0v) is 30.2. The first-order valence-corrected chi connectivity index (χ1v) is 18.4. The molecule has 1 aromatic carbocycles. The van der Waals surface area contributed by atoms with Crippen molar-refractivity contribution in [1.82, 2.24) is 39.4 Å². The number of anilines is 2. The number of morpholine rings is 1. The summed E-state index contributed by atoms with van der Waals surface area (Å²) in [6, 6.07) is 7.76. The van der Waals surface area contributed by atoms with E-state index >= 15 is 0 Å². The van der Waals surface area contributed by atoms with Gasteiger partial charge in [0, 0.05) is 56.2 Å². The molecule has 2 saturated heterocycles. The fraction of sp³-hybridized carbons (Fsp3) is 0.583. The van der Waals surface area contributed by atoms with Crippen LogP contribution in [0.1, 0.15) is 57.9 Å². The second-order valence-corrected chi connectivity index (χ2v) is 14.0. The van der Waals surface area contributed by atoms with Crippen molar-refractivity contribution in [2.24, 2.45) is 0 Å². The second kappa shape index (κ2) is 17.1. The third-order valence-electron chi connectivity index (χ3n) is 9.96. The average Bonchev–Trinajstić information content (AvgIpc) is 3.87. The van der Waals surface area contributed by atoms with Crippen molar-refractivity contribution in [2.75, 3.05) is 52.1 Å². The second-order valence-electron chi connectivity index (χ2n) is 13.6. The Morgan fingerprint density at radius 3 is 2.45 bits per heavy atom. The normalized spacial score (nSPS) is 22.6. The molecule has 1 N–H and O–H groups in total. The molecule has 15 heteroatoms. The summed E-state index contributed by atoms with van der Waals surface area (Å²) in [7, 11) is 1.67. The molecule has 3 fully saturated rings. The number of nitrogens with one attached hydrogen (secondary N) is 1. The third kappa shape index (κ3) is 8.98. The highest BCUT2D eigenvalue weighted by Gasteiger charge is 2.42. The lowest BCUT2D eigenvalue weighted by Crippen LogP contribution is -2.52. The highest BCUT2D eigenvalue weighted by molar-refractivity contribution is 6.32. The Bertz CT molecular complexity index is 1650. The first-order chi connectivity index (χ1) is 25.0. The van der Waals surface area contributed by atoms with Crippen LogP contribution in [0.5, 0.6) is 11.6 Å². The molecular formula is C36H48ClN9O5. The van der Waals surface area contributed by atoms with Gasteiger partial charge in [0.1, 0.15) is 30.2 Å². The highest BCUT2D eigenvalue weighted by atomic mass is 35.5. The van der Waals surface area contributed by atoms with Gasteiger partial charge in [0.15, 0.2) is 0 Å². The maximum absolute atomic E-state index is 6.49. The van der Waals surface area contributed by atoms with Gasteiger partial charge in [-0.15, -0.1) is 5.10 Å². The number of halogens is 1. The number of rotatable bonds is 17. The van der Waals surface area contributed by atoms with Crippen molar-refractivity contribution in [2.45, 2.75) is 88.7 Å². The molecule has 14 nitrogen and oxygen atoms in total. The zero-order chi connectivity index (χ0) is 35.0. The minimum atomic E-state index is -0.169. The lowest BCUT2D eigenvalue weighted by Gasteiger charge is -2.43. The van der Waals surface area contributed by atoms with Gasteiger partial charge in [0.25, 0.3) is 5.88 Å². The van der Waals surface area contributed by atoms with Crippen LogP contribution in [0.4, 0.5) is 11.6 Å². The summed E-state index contributed by atoms with van der Waals surface area (Å²) >= 11 is 6.49. The number of aromatic nitrogens is 7. The number of methoxy groups -OCH3 is 1. The summed E-state index contributed by atoms with van der Waals surface area (Å²) < 4.78 is 32.7. The smallest absolute Gasteiger partial charge is 0.256 e.